The van der Waals surface area contributed by atoms with Crippen molar-refractivity contribution in [2.75, 3.05) is 26.2 Å². The average Bonchev–Trinajstić information content (AvgIpc) is 3.29. The Labute approximate surface area is 125 Å². The van der Waals surface area contributed by atoms with Crippen molar-refractivity contribution in [2.45, 2.75) is 76.8 Å². The first-order valence-electron chi connectivity index (χ1n) is 8.83. The van der Waals surface area contributed by atoms with E-state index in [4.69, 9.17) is 0 Å². The highest BCUT2D eigenvalue weighted by molar-refractivity contribution is 4.97. The molecule has 0 bridgehead atoms. The summed E-state index contributed by atoms with van der Waals surface area (Å²) in [5, 5.41) is 13.6. The lowest BCUT2D eigenvalue weighted by molar-refractivity contribution is 0.0570. The van der Waals surface area contributed by atoms with Crippen molar-refractivity contribution in [1.29, 1.82) is 0 Å². The lowest BCUT2D eigenvalue weighted by Crippen LogP contribution is -2.56. The second-order valence-electron chi connectivity index (χ2n) is 7.05. The minimum absolute atomic E-state index is 0.00549. The Balaban J connectivity index is 1.94. The van der Waals surface area contributed by atoms with Gasteiger partial charge in [-0.05, 0) is 70.4 Å². The van der Waals surface area contributed by atoms with E-state index in [1.165, 1.54) is 45.2 Å². The minimum Gasteiger partial charge on any atom is -0.394 e. The molecule has 0 aliphatic heterocycles. The van der Waals surface area contributed by atoms with Gasteiger partial charge in [-0.2, -0.15) is 0 Å². The number of hydrogen-bond donors (Lipinski definition) is 2. The maximum absolute atomic E-state index is 9.91. The summed E-state index contributed by atoms with van der Waals surface area (Å²) in [4.78, 5) is 2.73. The van der Waals surface area contributed by atoms with E-state index in [1.807, 2.05) is 0 Å². The molecule has 2 unspecified atom stereocenters. The SMILES string of the molecule is CCCNC1(CO)CCCC(N(CCC)CC2CC2)C1. The van der Waals surface area contributed by atoms with E-state index in [9.17, 15) is 5.11 Å². The third kappa shape index (κ3) is 4.44. The van der Waals surface area contributed by atoms with Crippen molar-refractivity contribution in [2.24, 2.45) is 5.92 Å². The normalized spacial score (nSPS) is 30.9. The average molecular weight is 282 g/mol. The fourth-order valence-corrected chi connectivity index (χ4v) is 3.74. The van der Waals surface area contributed by atoms with Crippen LogP contribution in [0.4, 0.5) is 0 Å². The topological polar surface area (TPSA) is 35.5 Å². The molecule has 2 aliphatic rings. The predicted molar refractivity (Wildman–Crippen MR) is 85.0 cm³/mol. The maximum Gasteiger partial charge on any atom is 0.0613 e. The summed E-state index contributed by atoms with van der Waals surface area (Å²) in [6, 6.07) is 0.681. The van der Waals surface area contributed by atoms with E-state index in [0.29, 0.717) is 12.6 Å². The van der Waals surface area contributed by atoms with E-state index >= 15 is 0 Å². The van der Waals surface area contributed by atoms with Crippen LogP contribution in [0.5, 0.6) is 0 Å². The van der Waals surface area contributed by atoms with Gasteiger partial charge in [0.2, 0.25) is 0 Å². The summed E-state index contributed by atoms with van der Waals surface area (Å²) in [5.41, 5.74) is -0.00549. The van der Waals surface area contributed by atoms with Gasteiger partial charge in [-0.3, -0.25) is 0 Å². The van der Waals surface area contributed by atoms with Gasteiger partial charge < -0.3 is 15.3 Å². The van der Waals surface area contributed by atoms with Gasteiger partial charge in [-0.25, -0.2) is 0 Å². The fraction of sp³-hybridized carbons (Fsp3) is 1.00. The number of nitrogens with one attached hydrogen (secondary N) is 1. The first-order valence-corrected chi connectivity index (χ1v) is 8.83. The van der Waals surface area contributed by atoms with Crippen LogP contribution in [-0.2, 0) is 0 Å². The van der Waals surface area contributed by atoms with Crippen LogP contribution in [0.25, 0.3) is 0 Å². The van der Waals surface area contributed by atoms with Gasteiger partial charge in [0, 0.05) is 18.1 Å². The highest BCUT2D eigenvalue weighted by Gasteiger charge is 2.38. The van der Waals surface area contributed by atoms with Crippen molar-refractivity contribution >= 4 is 0 Å². The molecule has 118 valence electrons. The van der Waals surface area contributed by atoms with Crippen molar-refractivity contribution in [3.8, 4) is 0 Å². The monoisotopic (exact) mass is 282 g/mol. The van der Waals surface area contributed by atoms with Gasteiger partial charge in [0.15, 0.2) is 0 Å². The number of aliphatic hydroxyl groups excluding tert-OH is 1. The first kappa shape index (κ1) is 16.3. The Kier molecular flexibility index (Phi) is 6.31. The second kappa shape index (κ2) is 7.77. The standard InChI is InChI=1S/C17H34N2O/c1-3-10-18-17(14-20)9-5-6-16(12-17)19(11-4-2)13-15-7-8-15/h15-16,18,20H,3-14H2,1-2H3. The zero-order valence-corrected chi connectivity index (χ0v) is 13.5. The van der Waals surface area contributed by atoms with Crippen LogP contribution in [0.3, 0.4) is 0 Å². The summed E-state index contributed by atoms with van der Waals surface area (Å²) >= 11 is 0. The Morgan fingerprint density at radius 3 is 2.60 bits per heavy atom. The molecule has 0 aromatic carbocycles. The predicted octanol–water partition coefficient (Wildman–Crippen LogP) is 2.78. The van der Waals surface area contributed by atoms with Gasteiger partial charge in [0.25, 0.3) is 0 Å². The summed E-state index contributed by atoms with van der Waals surface area (Å²) in [6.45, 7) is 8.35. The Hall–Kier alpha value is -0.120. The molecule has 3 nitrogen and oxygen atoms in total. The quantitative estimate of drug-likeness (QED) is 0.682. The molecule has 0 amide bonds. The molecule has 3 heteroatoms. The molecular weight excluding hydrogens is 248 g/mol. The number of nitrogens with zero attached hydrogens (tertiary/aromatic N) is 1. The smallest absolute Gasteiger partial charge is 0.0613 e. The Morgan fingerprint density at radius 2 is 2.00 bits per heavy atom. The van der Waals surface area contributed by atoms with E-state index in [0.717, 1.165) is 31.7 Å². The van der Waals surface area contributed by atoms with Crippen molar-refractivity contribution in [3.63, 3.8) is 0 Å². The number of hydrogen-bond acceptors (Lipinski definition) is 3. The molecule has 0 radical (unpaired) electrons. The van der Waals surface area contributed by atoms with E-state index in [2.05, 4.69) is 24.1 Å². The molecular formula is C17H34N2O. The summed E-state index contributed by atoms with van der Waals surface area (Å²) < 4.78 is 0. The van der Waals surface area contributed by atoms with Crippen LogP contribution < -0.4 is 5.32 Å². The third-order valence-electron chi connectivity index (χ3n) is 5.09. The molecule has 0 spiro atoms. The largest absolute Gasteiger partial charge is 0.394 e. The second-order valence-corrected chi connectivity index (χ2v) is 7.05. The van der Waals surface area contributed by atoms with E-state index < -0.39 is 0 Å². The first-order chi connectivity index (χ1) is 9.73. The molecule has 0 aromatic rings. The zero-order valence-electron chi connectivity index (χ0n) is 13.5. The molecule has 0 saturated heterocycles. The van der Waals surface area contributed by atoms with Gasteiger partial charge in [-0.15, -0.1) is 0 Å². The number of aliphatic hydroxyl groups is 1. The van der Waals surface area contributed by atoms with Crippen LogP contribution in [-0.4, -0.2) is 47.8 Å². The Bertz CT molecular complexity index is 280. The molecule has 0 aromatic heterocycles. The van der Waals surface area contributed by atoms with Crippen molar-refractivity contribution < 1.29 is 5.11 Å². The lowest BCUT2D eigenvalue weighted by Gasteiger charge is -2.44. The van der Waals surface area contributed by atoms with Gasteiger partial charge >= 0.3 is 0 Å². The zero-order chi connectivity index (χ0) is 14.4. The molecule has 0 heterocycles. The van der Waals surface area contributed by atoms with E-state index in [1.54, 1.807) is 0 Å². The van der Waals surface area contributed by atoms with Crippen LogP contribution in [0.1, 0.15) is 65.2 Å². The molecule has 2 atom stereocenters. The molecule has 2 N–H and O–H groups in total. The van der Waals surface area contributed by atoms with Gasteiger partial charge in [0.1, 0.15) is 0 Å². The van der Waals surface area contributed by atoms with Crippen molar-refractivity contribution in [3.05, 3.63) is 0 Å². The highest BCUT2D eigenvalue weighted by atomic mass is 16.3. The van der Waals surface area contributed by atoms with Gasteiger partial charge in [0.05, 0.1) is 6.61 Å². The molecule has 20 heavy (non-hydrogen) atoms. The molecule has 2 fully saturated rings. The molecule has 2 aliphatic carbocycles. The van der Waals surface area contributed by atoms with Crippen LogP contribution in [0.15, 0.2) is 0 Å². The Morgan fingerprint density at radius 1 is 1.20 bits per heavy atom. The molecule has 2 saturated carbocycles. The summed E-state index contributed by atoms with van der Waals surface area (Å²) in [6.07, 6.45) is 10.1. The minimum atomic E-state index is -0.00549. The van der Waals surface area contributed by atoms with Crippen LogP contribution in [0, 0.1) is 5.92 Å². The van der Waals surface area contributed by atoms with Crippen LogP contribution >= 0.6 is 0 Å². The summed E-state index contributed by atoms with van der Waals surface area (Å²) in [7, 11) is 0. The summed E-state index contributed by atoms with van der Waals surface area (Å²) in [5.74, 6) is 0.968. The lowest BCUT2D eigenvalue weighted by atomic mass is 9.78. The van der Waals surface area contributed by atoms with Gasteiger partial charge in [-0.1, -0.05) is 13.8 Å². The van der Waals surface area contributed by atoms with Crippen molar-refractivity contribution in [1.82, 2.24) is 10.2 Å². The fourth-order valence-electron chi connectivity index (χ4n) is 3.74. The highest BCUT2D eigenvalue weighted by Crippen LogP contribution is 2.35. The third-order valence-corrected chi connectivity index (χ3v) is 5.09. The van der Waals surface area contributed by atoms with E-state index in [-0.39, 0.29) is 5.54 Å². The number of rotatable bonds is 9. The maximum atomic E-state index is 9.91. The molecule has 2 rings (SSSR count). The van der Waals surface area contributed by atoms with Crippen LogP contribution in [0.2, 0.25) is 0 Å².